The maximum Gasteiger partial charge on any atom is 0.490 e. The summed E-state index contributed by atoms with van der Waals surface area (Å²) < 4.78 is 37.2. The third-order valence-electron chi connectivity index (χ3n) is 4.85. The molecule has 7 N–H and O–H groups in total. The Morgan fingerprint density at radius 2 is 1.72 bits per heavy atom. The SMILES string of the molecule is Cc1cc(OC(=O)c2ccc(NC(=N)N)cc2)cc(C2=NOC(CC(=O)O)(C(=O)O)C2)c1.O=C(O)C(F)(F)F. The molecule has 0 aliphatic carbocycles. The molecule has 13 nitrogen and oxygen atoms in total. The summed E-state index contributed by atoms with van der Waals surface area (Å²) in [6.45, 7) is 1.75. The zero-order chi connectivity index (χ0) is 29.5. The number of aliphatic carboxylic acids is 3. The molecule has 1 aliphatic rings. The van der Waals surface area contributed by atoms with E-state index in [-0.39, 0.29) is 29.4 Å². The number of halogens is 3. The van der Waals surface area contributed by atoms with E-state index in [1.54, 1.807) is 31.2 Å². The number of carboxylic acids is 3. The molecular formula is C23H21F3N4O9. The minimum atomic E-state index is -5.08. The molecule has 0 amide bonds. The topological polar surface area (TPSA) is 222 Å². The van der Waals surface area contributed by atoms with Gasteiger partial charge in [-0.05, 0) is 55.0 Å². The second-order valence-electron chi connectivity index (χ2n) is 8.02. The molecule has 1 atom stereocenters. The summed E-state index contributed by atoms with van der Waals surface area (Å²) in [6, 6.07) is 11.0. The van der Waals surface area contributed by atoms with Crippen LogP contribution < -0.4 is 15.8 Å². The number of ether oxygens (including phenoxy) is 1. The van der Waals surface area contributed by atoms with Gasteiger partial charge in [0, 0.05) is 17.7 Å². The molecule has 2 aromatic rings. The molecule has 1 unspecified atom stereocenters. The lowest BCUT2D eigenvalue weighted by molar-refractivity contribution is -0.192. The first kappa shape index (κ1) is 30.1. The summed E-state index contributed by atoms with van der Waals surface area (Å²) in [7, 11) is 0. The highest BCUT2D eigenvalue weighted by Gasteiger charge is 2.49. The molecule has 0 fully saturated rings. The van der Waals surface area contributed by atoms with E-state index in [1.165, 1.54) is 18.2 Å². The number of carbonyl (C=O) groups is 4. The van der Waals surface area contributed by atoms with Crippen LogP contribution >= 0.6 is 0 Å². The molecule has 3 rings (SSSR count). The summed E-state index contributed by atoms with van der Waals surface area (Å²) >= 11 is 0. The van der Waals surface area contributed by atoms with Crippen LogP contribution in [0.15, 0.2) is 47.6 Å². The Kier molecular flexibility index (Phi) is 9.20. The van der Waals surface area contributed by atoms with Crippen molar-refractivity contribution in [3.8, 4) is 5.75 Å². The first-order valence-electron chi connectivity index (χ1n) is 10.6. The fraction of sp³-hybridized carbons (Fsp3) is 0.217. The molecule has 0 aromatic heterocycles. The van der Waals surface area contributed by atoms with E-state index in [9.17, 15) is 32.7 Å². The van der Waals surface area contributed by atoms with Crippen LogP contribution in [0.25, 0.3) is 0 Å². The predicted octanol–water partition coefficient (Wildman–Crippen LogP) is 2.58. The van der Waals surface area contributed by atoms with Gasteiger partial charge >= 0.3 is 30.1 Å². The monoisotopic (exact) mass is 554 g/mol. The summed E-state index contributed by atoms with van der Waals surface area (Å²) in [5.74, 6) is -6.18. The molecule has 16 heteroatoms. The number of anilines is 1. The first-order chi connectivity index (χ1) is 18.0. The van der Waals surface area contributed by atoms with Gasteiger partial charge in [-0.3, -0.25) is 10.2 Å². The van der Waals surface area contributed by atoms with Crippen molar-refractivity contribution in [2.45, 2.75) is 31.5 Å². The van der Waals surface area contributed by atoms with Crippen molar-refractivity contribution in [2.24, 2.45) is 10.9 Å². The predicted molar refractivity (Wildman–Crippen MR) is 127 cm³/mol. The Bertz CT molecular complexity index is 1330. The average Bonchev–Trinajstić information content (AvgIpc) is 3.23. The van der Waals surface area contributed by atoms with E-state index in [2.05, 4.69) is 10.5 Å². The largest absolute Gasteiger partial charge is 0.490 e. The molecule has 1 aliphatic heterocycles. The zero-order valence-corrected chi connectivity index (χ0v) is 19.9. The smallest absolute Gasteiger partial charge is 0.481 e. The number of benzene rings is 2. The Morgan fingerprint density at radius 1 is 1.13 bits per heavy atom. The third kappa shape index (κ3) is 8.44. The number of nitrogens with one attached hydrogen (secondary N) is 2. The van der Waals surface area contributed by atoms with Crippen LogP contribution in [0.2, 0.25) is 0 Å². The quantitative estimate of drug-likeness (QED) is 0.126. The van der Waals surface area contributed by atoms with Gasteiger partial charge in [0.1, 0.15) is 5.75 Å². The number of nitrogens with two attached hydrogens (primary N) is 1. The second-order valence-corrected chi connectivity index (χ2v) is 8.02. The number of hydrogen-bond donors (Lipinski definition) is 6. The van der Waals surface area contributed by atoms with Gasteiger partial charge < -0.3 is 35.9 Å². The van der Waals surface area contributed by atoms with Gasteiger partial charge in [0.15, 0.2) is 5.96 Å². The van der Waals surface area contributed by atoms with E-state index in [1.807, 2.05) is 0 Å². The first-order valence-corrected chi connectivity index (χ1v) is 10.6. The van der Waals surface area contributed by atoms with Gasteiger partial charge in [0.2, 0.25) is 5.60 Å². The number of alkyl halides is 3. The third-order valence-corrected chi connectivity index (χ3v) is 4.85. The maximum atomic E-state index is 12.5. The molecule has 0 saturated carbocycles. The van der Waals surface area contributed by atoms with Crippen molar-refractivity contribution < 1.29 is 57.2 Å². The van der Waals surface area contributed by atoms with Crippen molar-refractivity contribution >= 4 is 41.2 Å². The van der Waals surface area contributed by atoms with Crippen LogP contribution in [0.5, 0.6) is 5.75 Å². The molecule has 39 heavy (non-hydrogen) atoms. The van der Waals surface area contributed by atoms with Crippen molar-refractivity contribution in [1.82, 2.24) is 0 Å². The van der Waals surface area contributed by atoms with Gasteiger partial charge in [-0.1, -0.05) is 5.16 Å². The molecule has 0 bridgehead atoms. The van der Waals surface area contributed by atoms with Crippen molar-refractivity contribution in [1.29, 1.82) is 5.41 Å². The number of carboxylic acid groups (broad SMARTS) is 3. The van der Waals surface area contributed by atoms with Crippen LogP contribution in [-0.2, 0) is 19.2 Å². The highest BCUT2D eigenvalue weighted by molar-refractivity contribution is 6.06. The number of aryl methyl sites for hydroxylation is 1. The van der Waals surface area contributed by atoms with Crippen molar-refractivity contribution in [3.63, 3.8) is 0 Å². The Morgan fingerprint density at radius 3 is 2.21 bits per heavy atom. The fourth-order valence-electron chi connectivity index (χ4n) is 3.15. The average molecular weight is 554 g/mol. The lowest BCUT2D eigenvalue weighted by atomic mass is 9.91. The van der Waals surface area contributed by atoms with Crippen LogP contribution in [-0.4, -0.2) is 62.6 Å². The lowest BCUT2D eigenvalue weighted by Gasteiger charge is -2.19. The summed E-state index contributed by atoms with van der Waals surface area (Å²) in [6.07, 6.45) is -6.09. The Hall–Kier alpha value is -5.15. The molecule has 1 heterocycles. The molecule has 0 radical (unpaired) electrons. The minimum Gasteiger partial charge on any atom is -0.481 e. The number of carbonyl (C=O) groups excluding carboxylic acids is 1. The number of rotatable bonds is 7. The highest BCUT2D eigenvalue weighted by Crippen LogP contribution is 2.32. The van der Waals surface area contributed by atoms with Gasteiger partial charge in [0.25, 0.3) is 0 Å². The fourth-order valence-corrected chi connectivity index (χ4v) is 3.15. The lowest BCUT2D eigenvalue weighted by Crippen LogP contribution is -2.41. The van der Waals surface area contributed by atoms with E-state index in [0.717, 1.165) is 0 Å². The highest BCUT2D eigenvalue weighted by atomic mass is 19.4. The standard InChI is InChI=1S/C21H20N4O7.C2HF3O2/c1-11-6-13(16-9-21(19(29)30,32-25-16)10-17(26)27)8-15(7-11)31-18(28)12-2-4-14(5-3-12)24-20(22)23;3-2(4,5)1(6)7/h2-8H,9-10H2,1H3,(H,26,27)(H,29,30)(H4,22,23,24);(H,6,7). The summed E-state index contributed by atoms with van der Waals surface area (Å²) in [4.78, 5) is 49.1. The van der Waals surface area contributed by atoms with Gasteiger partial charge in [-0.15, -0.1) is 0 Å². The molecule has 2 aromatic carbocycles. The molecule has 0 saturated heterocycles. The van der Waals surface area contributed by atoms with Crippen molar-refractivity contribution in [2.75, 3.05) is 5.32 Å². The maximum absolute atomic E-state index is 12.5. The number of oxime groups is 1. The van der Waals surface area contributed by atoms with Crippen LogP contribution in [0.1, 0.15) is 34.3 Å². The molecule has 0 spiro atoms. The van der Waals surface area contributed by atoms with E-state index in [4.69, 9.17) is 35.7 Å². The normalized spacial score (nSPS) is 16.1. The van der Waals surface area contributed by atoms with Crippen LogP contribution in [0.4, 0.5) is 18.9 Å². The van der Waals surface area contributed by atoms with E-state index < -0.39 is 42.1 Å². The minimum absolute atomic E-state index is 0.199. The van der Waals surface area contributed by atoms with E-state index >= 15 is 0 Å². The summed E-state index contributed by atoms with van der Waals surface area (Å²) in [5.41, 5.74) is 5.45. The van der Waals surface area contributed by atoms with Crippen molar-refractivity contribution in [3.05, 3.63) is 59.2 Å². The van der Waals surface area contributed by atoms with Gasteiger partial charge in [0.05, 0.1) is 17.7 Å². The summed E-state index contributed by atoms with van der Waals surface area (Å²) in [5, 5.41) is 39.2. The number of esters is 1. The second kappa shape index (κ2) is 11.9. The van der Waals surface area contributed by atoms with Gasteiger partial charge in [-0.25, -0.2) is 14.4 Å². The molecular weight excluding hydrogens is 533 g/mol. The number of nitrogens with zero attached hydrogens (tertiary/aromatic N) is 1. The molecule has 208 valence electrons. The van der Waals surface area contributed by atoms with Crippen LogP contribution in [0, 0.1) is 12.3 Å². The Balaban J connectivity index is 0.000000673. The van der Waals surface area contributed by atoms with Gasteiger partial charge in [-0.2, -0.15) is 13.2 Å². The number of guanidine groups is 1. The van der Waals surface area contributed by atoms with Crippen LogP contribution in [0.3, 0.4) is 0 Å². The zero-order valence-electron chi connectivity index (χ0n) is 19.9. The Labute approximate surface area is 217 Å². The van der Waals surface area contributed by atoms with E-state index in [0.29, 0.717) is 16.8 Å². The number of hydrogen-bond acceptors (Lipinski definition) is 8.